The first-order chi connectivity index (χ1) is 28.6. The molecule has 0 amide bonds. The maximum absolute atomic E-state index is 15.0. The largest absolute Gasteiger partial charge is 0.511 e. The standard InChI is InChI=1S/C43H54O19/c1-18(2)26(48)25-27-37(9,28(58-31(25)49)22-13-14-54-16-22)29(55-19(3)44)30(56-20(4)45)43-38(10)23(15-24(47)53-12)36(8)17-40(38)41(52,32(36)59-34(50)35(6,7)51)33(57-21(5)46)42(27,43)61-39(11,60-40)62-43/h13-14,16,18,23,27-30,32-33,48,51-52H,15,17H2,1-12H3/b26-25-/t23-,27+,28-,29-,30+,32-,33+,36+,37+,38+,39+,40+,41-,42+,43-/m0/s1. The highest BCUT2D eigenvalue weighted by molar-refractivity contribution is 5.92. The molecule has 340 valence electrons. The van der Waals surface area contributed by atoms with E-state index in [1.54, 1.807) is 27.7 Å². The Balaban J connectivity index is 1.62. The molecule has 7 fully saturated rings. The zero-order chi connectivity index (χ0) is 45.9. The lowest BCUT2D eigenvalue weighted by Crippen LogP contribution is -2.97. The summed E-state index contributed by atoms with van der Waals surface area (Å²) in [4.78, 5) is 83.9. The monoisotopic (exact) mass is 874 g/mol. The van der Waals surface area contributed by atoms with Crippen molar-refractivity contribution in [2.75, 3.05) is 7.11 Å². The van der Waals surface area contributed by atoms with Crippen LogP contribution >= 0.6 is 0 Å². The van der Waals surface area contributed by atoms with Crippen molar-refractivity contribution >= 4 is 35.8 Å². The molecule has 62 heavy (non-hydrogen) atoms. The first-order valence-corrected chi connectivity index (χ1v) is 20.6. The van der Waals surface area contributed by atoms with Crippen LogP contribution < -0.4 is 0 Å². The van der Waals surface area contributed by atoms with Crippen LogP contribution in [0.2, 0.25) is 0 Å². The van der Waals surface area contributed by atoms with E-state index in [9.17, 15) is 44.1 Å². The predicted octanol–water partition coefficient (Wildman–Crippen LogP) is 2.78. The van der Waals surface area contributed by atoms with Crippen molar-refractivity contribution in [2.45, 2.75) is 154 Å². The zero-order valence-electron chi connectivity index (χ0n) is 36.6. The van der Waals surface area contributed by atoms with Crippen LogP contribution in [0.4, 0.5) is 0 Å². The summed E-state index contributed by atoms with van der Waals surface area (Å²) in [5, 5.41) is 37.6. The molecular formula is C43H54O19. The average molecular weight is 875 g/mol. The molecular weight excluding hydrogens is 820 g/mol. The van der Waals surface area contributed by atoms with Gasteiger partial charge in [-0.3, -0.25) is 19.2 Å². The maximum Gasteiger partial charge on any atom is 0.338 e. The highest BCUT2D eigenvalue weighted by Crippen LogP contribution is 2.90. The van der Waals surface area contributed by atoms with Crippen LogP contribution in [0.1, 0.15) is 101 Å². The van der Waals surface area contributed by atoms with E-state index in [-0.39, 0.29) is 12.0 Å². The van der Waals surface area contributed by atoms with Crippen molar-refractivity contribution in [1.82, 2.24) is 0 Å². The van der Waals surface area contributed by atoms with Crippen LogP contribution in [-0.4, -0.2) is 117 Å². The van der Waals surface area contributed by atoms with Gasteiger partial charge in [0, 0.05) is 62.3 Å². The van der Waals surface area contributed by atoms with Crippen molar-refractivity contribution in [1.29, 1.82) is 0 Å². The second kappa shape index (κ2) is 13.0. The third-order valence-electron chi connectivity index (χ3n) is 15.3. The van der Waals surface area contributed by atoms with E-state index in [0.717, 1.165) is 27.9 Å². The van der Waals surface area contributed by atoms with E-state index in [1.807, 2.05) is 0 Å². The highest BCUT2D eigenvalue weighted by Gasteiger charge is 3.07. The minimum absolute atomic E-state index is 0.209. The van der Waals surface area contributed by atoms with E-state index in [0.29, 0.717) is 0 Å². The lowest BCUT2D eigenvalue weighted by molar-refractivity contribution is -0.490. The molecule has 2 spiro atoms. The summed E-state index contributed by atoms with van der Waals surface area (Å²) in [5.74, 6) is -12.6. The molecule has 0 unspecified atom stereocenters. The molecule has 0 aromatic carbocycles. The van der Waals surface area contributed by atoms with Gasteiger partial charge < -0.3 is 62.4 Å². The number of rotatable bonds is 9. The third-order valence-corrected chi connectivity index (χ3v) is 15.3. The van der Waals surface area contributed by atoms with Gasteiger partial charge in [-0.2, -0.15) is 0 Å². The molecule has 3 saturated heterocycles. The third kappa shape index (κ3) is 4.83. The normalized spacial score (nSPS) is 46.3. The van der Waals surface area contributed by atoms with Crippen LogP contribution in [0.3, 0.4) is 0 Å². The van der Waals surface area contributed by atoms with Crippen molar-refractivity contribution in [2.24, 2.45) is 34.0 Å². The lowest BCUT2D eigenvalue weighted by atomic mass is 9.32. The van der Waals surface area contributed by atoms with E-state index in [4.69, 9.17) is 47.0 Å². The molecule has 3 N–H and O–H groups in total. The van der Waals surface area contributed by atoms with Crippen LogP contribution in [0, 0.1) is 34.0 Å². The van der Waals surface area contributed by atoms with E-state index >= 15 is 0 Å². The number of carbonyl (C=O) groups excluding carboxylic acids is 6. The molecule has 3 aliphatic heterocycles. The van der Waals surface area contributed by atoms with Gasteiger partial charge in [0.1, 0.15) is 23.6 Å². The molecule has 4 heterocycles. The predicted molar refractivity (Wildman–Crippen MR) is 202 cm³/mol. The fourth-order valence-corrected chi connectivity index (χ4v) is 13.7. The second-order valence-corrected chi connectivity index (χ2v) is 19.6. The van der Waals surface area contributed by atoms with Gasteiger partial charge in [-0.15, -0.1) is 0 Å². The molecule has 4 bridgehead atoms. The van der Waals surface area contributed by atoms with Crippen LogP contribution in [-0.2, 0) is 71.4 Å². The number of furan rings is 1. The number of carbonyl (C=O) groups is 6. The van der Waals surface area contributed by atoms with E-state index in [2.05, 4.69) is 0 Å². The van der Waals surface area contributed by atoms with Crippen molar-refractivity contribution in [3.8, 4) is 0 Å². The Bertz CT molecular complexity index is 2190. The molecule has 15 atom stereocenters. The van der Waals surface area contributed by atoms with Gasteiger partial charge in [-0.25, -0.2) is 9.59 Å². The molecule has 1 aromatic rings. The topological polar surface area (TPSA) is 259 Å². The Morgan fingerprint density at radius 3 is 2.05 bits per heavy atom. The van der Waals surface area contributed by atoms with Crippen molar-refractivity contribution in [3.63, 3.8) is 0 Å². The van der Waals surface area contributed by atoms with Crippen LogP contribution in [0.15, 0.2) is 34.3 Å². The number of fused-ring (bicyclic) bond motifs is 3. The number of methoxy groups -OCH3 is 1. The number of aliphatic hydroxyl groups is 3. The number of ether oxygens (including phenoxy) is 9. The van der Waals surface area contributed by atoms with Gasteiger partial charge in [0.2, 0.25) is 0 Å². The molecule has 0 radical (unpaired) electrons. The Hall–Kier alpha value is -4.56. The highest BCUT2D eigenvalue weighted by atomic mass is 16.9. The quantitative estimate of drug-likeness (QED) is 0.139. The van der Waals surface area contributed by atoms with E-state index in [1.165, 1.54) is 46.3 Å². The summed E-state index contributed by atoms with van der Waals surface area (Å²) < 4.78 is 63.7. The number of hydrogen-bond acceptors (Lipinski definition) is 19. The first kappa shape index (κ1) is 44.1. The molecule has 4 saturated carbocycles. The van der Waals surface area contributed by atoms with Gasteiger partial charge in [0.25, 0.3) is 5.97 Å². The summed E-state index contributed by atoms with van der Waals surface area (Å²) in [6, 6.07) is 1.48. The zero-order valence-corrected chi connectivity index (χ0v) is 36.6. The lowest BCUT2D eigenvalue weighted by Gasteiger charge is -2.78. The Kier molecular flexibility index (Phi) is 9.25. The molecule has 8 rings (SSSR count). The number of hydrogen-bond donors (Lipinski definition) is 3. The van der Waals surface area contributed by atoms with Gasteiger partial charge in [0.15, 0.2) is 40.7 Å². The van der Waals surface area contributed by atoms with Gasteiger partial charge in [0.05, 0.1) is 30.6 Å². The summed E-state index contributed by atoms with van der Waals surface area (Å²) in [6.07, 6.45) is -7.27. The van der Waals surface area contributed by atoms with E-state index < -0.39 is 152 Å². The summed E-state index contributed by atoms with van der Waals surface area (Å²) in [7, 11) is 1.16. The Labute approximate surface area is 356 Å². The SMILES string of the molecule is COC(=O)C[C@H]1[C@@]2(C)C[C@@]34O[C@]5(C)O[C@]6([C@@H]7/C(=C(/O)C(C)C)C(=O)O[C@@H](c8ccoc8)[C@]7(C)[C@@H](OC(C)=O)[C@@H](OC(C)=O)[C@]6(O5)[C@]13C)[C@H](OC(C)=O)[C@@]4(O)[C@H]2OC(=O)C(C)(C)O. The number of aliphatic hydroxyl groups excluding tert-OH is 1. The minimum Gasteiger partial charge on any atom is -0.511 e. The molecule has 19 nitrogen and oxygen atoms in total. The van der Waals surface area contributed by atoms with Gasteiger partial charge in [-0.1, -0.05) is 34.6 Å². The molecule has 1 aromatic heterocycles. The van der Waals surface area contributed by atoms with Crippen LogP contribution in [0.25, 0.3) is 0 Å². The second-order valence-electron chi connectivity index (χ2n) is 19.6. The molecule has 7 aliphatic rings. The minimum atomic E-state index is -2.76. The summed E-state index contributed by atoms with van der Waals surface area (Å²) >= 11 is 0. The van der Waals surface area contributed by atoms with Crippen molar-refractivity contribution < 1.29 is 91.1 Å². The fraction of sp³-hybridized carbons (Fsp3) is 0.721. The van der Waals surface area contributed by atoms with Gasteiger partial charge in [-0.05, 0) is 32.3 Å². The Morgan fingerprint density at radius 2 is 1.52 bits per heavy atom. The number of cyclic esters (lactones) is 1. The number of esters is 6. The summed E-state index contributed by atoms with van der Waals surface area (Å²) in [6.45, 7) is 14.9. The molecule has 19 heteroatoms. The van der Waals surface area contributed by atoms with Crippen LogP contribution in [0.5, 0.6) is 0 Å². The van der Waals surface area contributed by atoms with Gasteiger partial charge >= 0.3 is 35.8 Å². The average Bonchev–Trinajstić information content (AvgIpc) is 3.85. The smallest absolute Gasteiger partial charge is 0.338 e. The molecule has 4 aliphatic carbocycles. The fourth-order valence-electron chi connectivity index (χ4n) is 13.7. The Morgan fingerprint density at radius 1 is 0.903 bits per heavy atom. The number of allylic oxidation sites excluding steroid dienone is 1. The summed E-state index contributed by atoms with van der Waals surface area (Å²) in [5.41, 5.74) is -17.9. The van der Waals surface area contributed by atoms with Crippen molar-refractivity contribution in [3.05, 3.63) is 35.5 Å². The maximum atomic E-state index is 15.0. The first-order valence-electron chi connectivity index (χ1n) is 20.6.